The van der Waals surface area contributed by atoms with E-state index in [2.05, 4.69) is 11.0 Å². The maximum atomic E-state index is 13.2. The summed E-state index contributed by atoms with van der Waals surface area (Å²) in [5.74, 6) is 2.34. The lowest BCUT2D eigenvalue weighted by atomic mass is 9.83. The number of methoxy groups -OCH3 is 1. The largest absolute Gasteiger partial charge is 0.497 e. The van der Waals surface area contributed by atoms with E-state index in [4.69, 9.17) is 13.9 Å². The molecule has 2 unspecified atom stereocenters. The maximum absolute atomic E-state index is 13.2. The van der Waals surface area contributed by atoms with Crippen LogP contribution in [0.1, 0.15) is 23.6 Å². The highest BCUT2D eigenvalue weighted by Gasteiger charge is 2.34. The molecule has 38 heavy (non-hydrogen) atoms. The van der Waals surface area contributed by atoms with Gasteiger partial charge in [-0.15, -0.1) is 12.4 Å². The van der Waals surface area contributed by atoms with E-state index in [1.165, 1.54) is 6.26 Å². The van der Waals surface area contributed by atoms with Crippen LogP contribution in [0.15, 0.2) is 74.9 Å². The Labute approximate surface area is 227 Å². The molecule has 1 saturated heterocycles. The van der Waals surface area contributed by atoms with Crippen LogP contribution < -0.4 is 20.5 Å². The fourth-order valence-corrected chi connectivity index (χ4v) is 5.91. The number of pyridine rings is 1. The predicted octanol–water partition coefficient (Wildman–Crippen LogP) is 4.86. The summed E-state index contributed by atoms with van der Waals surface area (Å²) in [5.41, 5.74) is 3.87. The number of likely N-dealkylation sites (tertiary alicyclic amines) is 1. The number of hydrogen-bond acceptors (Lipinski definition) is 6. The van der Waals surface area contributed by atoms with E-state index in [1.54, 1.807) is 19.2 Å². The Hall–Kier alpha value is -3.55. The Balaban J connectivity index is 0.00000294. The van der Waals surface area contributed by atoms with Crippen molar-refractivity contribution < 1.29 is 13.9 Å². The number of rotatable bonds is 6. The van der Waals surface area contributed by atoms with Crippen LogP contribution in [0.4, 0.5) is 0 Å². The molecule has 7 nitrogen and oxygen atoms in total. The van der Waals surface area contributed by atoms with Gasteiger partial charge in [-0.3, -0.25) is 14.5 Å². The number of fused-ring (bicyclic) bond motifs is 5. The Bertz CT molecular complexity index is 1580. The zero-order valence-corrected chi connectivity index (χ0v) is 22.3. The quantitative estimate of drug-likeness (QED) is 0.352. The zero-order chi connectivity index (χ0) is 25.5. The first-order valence-electron chi connectivity index (χ1n) is 12.8. The molecule has 0 N–H and O–H groups in total. The number of benzene rings is 2. The van der Waals surface area contributed by atoms with E-state index in [9.17, 15) is 9.59 Å². The van der Waals surface area contributed by atoms with Gasteiger partial charge >= 0.3 is 0 Å². The molecular formula is C30H31ClN2O5. The summed E-state index contributed by atoms with van der Waals surface area (Å²) >= 11 is 0. The summed E-state index contributed by atoms with van der Waals surface area (Å²) in [4.78, 5) is 27.9. The summed E-state index contributed by atoms with van der Waals surface area (Å²) in [5, 5.41) is 0.538. The lowest BCUT2D eigenvalue weighted by Gasteiger charge is -2.42. The highest BCUT2D eigenvalue weighted by molar-refractivity contribution is 5.86. The van der Waals surface area contributed by atoms with Crippen LogP contribution in [-0.4, -0.2) is 42.8 Å². The monoisotopic (exact) mass is 534 g/mol. The Kier molecular flexibility index (Phi) is 7.32. The Morgan fingerprint density at radius 3 is 2.61 bits per heavy atom. The summed E-state index contributed by atoms with van der Waals surface area (Å²) in [6.07, 6.45) is 2.67. The first-order valence-corrected chi connectivity index (χ1v) is 12.8. The van der Waals surface area contributed by atoms with Gasteiger partial charge in [0.15, 0.2) is 0 Å². The molecule has 0 saturated carbocycles. The van der Waals surface area contributed by atoms with Gasteiger partial charge < -0.3 is 18.5 Å². The van der Waals surface area contributed by atoms with E-state index in [0.717, 1.165) is 60.9 Å². The third-order valence-corrected chi connectivity index (χ3v) is 7.76. The van der Waals surface area contributed by atoms with Crippen LogP contribution in [0.5, 0.6) is 11.5 Å². The van der Waals surface area contributed by atoms with Crippen LogP contribution >= 0.6 is 12.4 Å². The Morgan fingerprint density at radius 1 is 1.00 bits per heavy atom. The van der Waals surface area contributed by atoms with Gasteiger partial charge in [0.25, 0.3) is 5.56 Å². The topological polar surface area (TPSA) is 73.9 Å². The normalized spacial score (nSPS) is 18.5. The molecule has 8 heteroatoms. The summed E-state index contributed by atoms with van der Waals surface area (Å²) in [6, 6.07) is 16.6. The molecule has 0 aliphatic carbocycles. The van der Waals surface area contributed by atoms with Crippen molar-refractivity contribution >= 4 is 23.4 Å². The van der Waals surface area contributed by atoms with Crippen molar-refractivity contribution in [2.75, 3.05) is 33.4 Å². The van der Waals surface area contributed by atoms with Gasteiger partial charge in [0.1, 0.15) is 30.0 Å². The van der Waals surface area contributed by atoms with Crippen molar-refractivity contribution in [3.05, 3.63) is 92.7 Å². The summed E-state index contributed by atoms with van der Waals surface area (Å²) in [7, 11) is 1.61. The number of aromatic nitrogens is 1. The van der Waals surface area contributed by atoms with E-state index in [-0.39, 0.29) is 23.4 Å². The van der Waals surface area contributed by atoms with Crippen LogP contribution in [0, 0.1) is 12.8 Å². The predicted molar refractivity (Wildman–Crippen MR) is 150 cm³/mol. The number of aryl methyl sites for hydroxylation is 1. The van der Waals surface area contributed by atoms with Crippen molar-refractivity contribution in [3.63, 3.8) is 0 Å². The van der Waals surface area contributed by atoms with Crippen LogP contribution in [0.25, 0.3) is 22.1 Å². The molecule has 198 valence electrons. The Morgan fingerprint density at radius 2 is 1.82 bits per heavy atom. The van der Waals surface area contributed by atoms with Gasteiger partial charge in [-0.25, -0.2) is 0 Å². The molecule has 2 aromatic carbocycles. The third-order valence-electron chi connectivity index (χ3n) is 7.76. The third kappa shape index (κ3) is 4.72. The summed E-state index contributed by atoms with van der Waals surface area (Å²) in [6.45, 7) is 5.98. The average molecular weight is 535 g/mol. The van der Waals surface area contributed by atoms with Crippen LogP contribution in [-0.2, 0) is 6.54 Å². The number of nitrogens with zero attached hydrogens (tertiary/aromatic N) is 2. The molecule has 2 aromatic heterocycles. The van der Waals surface area contributed by atoms with Gasteiger partial charge in [0.05, 0.1) is 18.1 Å². The second-order valence-corrected chi connectivity index (χ2v) is 10.1. The second-order valence-electron chi connectivity index (χ2n) is 10.1. The number of hydrogen-bond donors (Lipinski definition) is 0. The van der Waals surface area contributed by atoms with Gasteiger partial charge in [0.2, 0.25) is 5.43 Å². The van der Waals surface area contributed by atoms with Crippen molar-refractivity contribution in [1.29, 1.82) is 0 Å². The van der Waals surface area contributed by atoms with E-state index in [0.29, 0.717) is 35.0 Å². The van der Waals surface area contributed by atoms with E-state index < -0.39 is 0 Å². The van der Waals surface area contributed by atoms with E-state index >= 15 is 0 Å². The highest BCUT2D eigenvalue weighted by Crippen LogP contribution is 2.35. The van der Waals surface area contributed by atoms with Crippen molar-refractivity contribution in [2.45, 2.75) is 25.8 Å². The molecule has 2 atom stereocenters. The molecular weight excluding hydrogens is 504 g/mol. The fraction of sp³-hybridized carbons (Fsp3) is 0.333. The van der Waals surface area contributed by atoms with E-state index in [1.807, 2.05) is 47.9 Å². The molecule has 4 heterocycles. The molecule has 1 fully saturated rings. The maximum Gasteiger partial charge on any atom is 0.250 e. The van der Waals surface area contributed by atoms with Crippen molar-refractivity contribution in [2.24, 2.45) is 5.92 Å². The molecule has 6 rings (SSSR count). The van der Waals surface area contributed by atoms with Crippen LogP contribution in [0.3, 0.4) is 0 Å². The molecule has 0 radical (unpaired) electrons. The molecule has 2 bridgehead atoms. The fourth-order valence-electron chi connectivity index (χ4n) is 5.91. The number of ether oxygens (including phenoxy) is 2. The van der Waals surface area contributed by atoms with Gasteiger partial charge in [-0.2, -0.15) is 0 Å². The number of piperidine rings is 1. The van der Waals surface area contributed by atoms with Gasteiger partial charge in [0, 0.05) is 49.4 Å². The molecule has 0 amide bonds. The van der Waals surface area contributed by atoms with Gasteiger partial charge in [-0.05, 0) is 55.2 Å². The standard InChI is InChI=1S/C30H30N2O5.ClH/c1-19-27(11-10-24-29(34)25(18-37-30(19)24)21-6-8-23(35-2)9-7-21)36-13-12-31-15-20-14-22(17-31)26-4-3-5-28(33)32(26)16-20;/h3-11,18,20,22H,12-17H2,1-2H3;1H. The minimum atomic E-state index is -0.0692. The average Bonchev–Trinajstić information content (AvgIpc) is 2.91. The SMILES string of the molecule is COc1ccc(-c2coc3c(C)c(OCCN4CC5CC(C4)c4cccc(=O)n4C5)ccc3c2=O)cc1.Cl. The molecule has 0 spiro atoms. The molecule has 4 aromatic rings. The minimum Gasteiger partial charge on any atom is -0.497 e. The lowest BCUT2D eigenvalue weighted by molar-refractivity contribution is 0.104. The lowest BCUT2D eigenvalue weighted by Crippen LogP contribution is -2.48. The summed E-state index contributed by atoms with van der Waals surface area (Å²) < 4.78 is 19.3. The smallest absolute Gasteiger partial charge is 0.250 e. The van der Waals surface area contributed by atoms with Crippen molar-refractivity contribution in [1.82, 2.24) is 9.47 Å². The molecule has 2 aliphatic heterocycles. The zero-order valence-electron chi connectivity index (χ0n) is 21.5. The highest BCUT2D eigenvalue weighted by atomic mass is 35.5. The molecule has 2 aliphatic rings. The number of halogens is 1. The second kappa shape index (κ2) is 10.7. The van der Waals surface area contributed by atoms with Crippen LogP contribution in [0.2, 0.25) is 0 Å². The van der Waals surface area contributed by atoms with Gasteiger partial charge in [-0.1, -0.05) is 18.2 Å². The first kappa shape index (κ1) is 26.1. The minimum absolute atomic E-state index is 0. The van der Waals surface area contributed by atoms with Crippen molar-refractivity contribution in [3.8, 4) is 22.6 Å². The first-order chi connectivity index (χ1) is 18.0.